The molecule has 2 N–H and O–H groups in total. The van der Waals surface area contributed by atoms with Gasteiger partial charge >= 0.3 is 0 Å². The highest BCUT2D eigenvalue weighted by molar-refractivity contribution is 9.10. The number of carbonyl (C=O) groups excluding carboxylic acids is 1. The van der Waals surface area contributed by atoms with Gasteiger partial charge in [0.2, 0.25) is 0 Å². The zero-order chi connectivity index (χ0) is 13.8. The highest BCUT2D eigenvalue weighted by Crippen LogP contribution is 2.20. The van der Waals surface area contributed by atoms with E-state index in [-0.39, 0.29) is 22.4 Å². The topological polar surface area (TPSA) is 41.1 Å². The minimum Gasteiger partial charge on any atom is -0.352 e. The van der Waals surface area contributed by atoms with Gasteiger partial charge in [0.1, 0.15) is 0 Å². The first-order valence-electron chi connectivity index (χ1n) is 6.21. The highest BCUT2D eigenvalue weighted by Gasteiger charge is 2.16. The van der Waals surface area contributed by atoms with Crippen LogP contribution in [0, 0.1) is 17.6 Å². The van der Waals surface area contributed by atoms with E-state index in [0.29, 0.717) is 12.5 Å². The summed E-state index contributed by atoms with van der Waals surface area (Å²) in [5, 5.41) is 5.98. The van der Waals surface area contributed by atoms with Crippen molar-refractivity contribution in [3.63, 3.8) is 0 Å². The van der Waals surface area contributed by atoms with Crippen LogP contribution < -0.4 is 10.6 Å². The molecule has 1 amide bonds. The second-order valence-corrected chi connectivity index (χ2v) is 5.50. The van der Waals surface area contributed by atoms with E-state index >= 15 is 0 Å². The van der Waals surface area contributed by atoms with Gasteiger partial charge in [0.15, 0.2) is 11.6 Å². The van der Waals surface area contributed by atoms with Gasteiger partial charge in [0.25, 0.3) is 5.91 Å². The first-order valence-corrected chi connectivity index (χ1v) is 7.00. The van der Waals surface area contributed by atoms with Gasteiger partial charge in [0, 0.05) is 11.0 Å². The van der Waals surface area contributed by atoms with Crippen molar-refractivity contribution in [3.8, 4) is 0 Å². The van der Waals surface area contributed by atoms with Crippen LogP contribution in [0.3, 0.4) is 0 Å². The molecule has 0 saturated carbocycles. The van der Waals surface area contributed by atoms with Crippen molar-refractivity contribution in [2.24, 2.45) is 5.92 Å². The molecule has 1 saturated heterocycles. The number of nitrogens with one attached hydrogen (secondary N) is 2. The zero-order valence-electron chi connectivity index (χ0n) is 10.7. The Morgan fingerprint density at radius 2 is 2.10 bits per heavy atom. The van der Waals surface area contributed by atoms with Crippen LogP contribution in [0.2, 0.25) is 0 Å². The molecule has 0 spiro atoms. The van der Waals surface area contributed by atoms with Crippen LogP contribution in [0.15, 0.2) is 16.6 Å². The molecule has 1 atom stereocenters. The lowest BCUT2D eigenvalue weighted by Crippen LogP contribution is -2.27. The van der Waals surface area contributed by atoms with Crippen molar-refractivity contribution < 1.29 is 13.6 Å². The Bertz CT molecular complexity index is 482. The average molecular weight is 370 g/mol. The monoisotopic (exact) mass is 368 g/mol. The molecule has 1 aromatic carbocycles. The molecule has 112 valence electrons. The minimum atomic E-state index is -1.02. The third-order valence-electron chi connectivity index (χ3n) is 3.26. The highest BCUT2D eigenvalue weighted by atomic mass is 79.9. The molecule has 1 unspecified atom stereocenters. The molecule has 1 heterocycles. The lowest BCUT2D eigenvalue weighted by Gasteiger charge is -2.10. The third-order valence-corrected chi connectivity index (χ3v) is 3.91. The van der Waals surface area contributed by atoms with Gasteiger partial charge < -0.3 is 10.6 Å². The van der Waals surface area contributed by atoms with E-state index in [2.05, 4.69) is 26.6 Å². The Morgan fingerprint density at radius 3 is 2.75 bits per heavy atom. The summed E-state index contributed by atoms with van der Waals surface area (Å²) < 4.78 is 26.3. The fourth-order valence-electron chi connectivity index (χ4n) is 2.14. The Balaban J connectivity index is 0.00000200. The summed E-state index contributed by atoms with van der Waals surface area (Å²) in [6.45, 7) is 2.54. The smallest absolute Gasteiger partial charge is 0.252 e. The van der Waals surface area contributed by atoms with Gasteiger partial charge in [0.05, 0.1) is 5.56 Å². The first kappa shape index (κ1) is 17.3. The standard InChI is InChI=1S/C13H15BrF2N2O.ClH/c14-10-6-12(16)11(15)5-9(10)13(19)18-4-2-8-1-3-17-7-8;/h5-6,8,17H,1-4,7H2,(H,18,19);1H. The van der Waals surface area contributed by atoms with E-state index in [0.717, 1.165) is 38.1 Å². The van der Waals surface area contributed by atoms with Crippen molar-refractivity contribution in [2.45, 2.75) is 12.8 Å². The summed E-state index contributed by atoms with van der Waals surface area (Å²) in [5.74, 6) is -1.81. The second-order valence-electron chi connectivity index (χ2n) is 4.65. The maximum atomic E-state index is 13.1. The quantitative estimate of drug-likeness (QED) is 0.801. The second kappa shape index (κ2) is 7.90. The van der Waals surface area contributed by atoms with Gasteiger partial charge in [-0.2, -0.15) is 0 Å². The van der Waals surface area contributed by atoms with Crippen molar-refractivity contribution in [3.05, 3.63) is 33.8 Å². The predicted molar refractivity (Wildman–Crippen MR) is 79.2 cm³/mol. The Hall–Kier alpha value is -0.720. The number of benzene rings is 1. The Morgan fingerprint density at radius 1 is 1.40 bits per heavy atom. The Kier molecular flexibility index (Phi) is 6.85. The molecule has 0 radical (unpaired) electrons. The van der Waals surface area contributed by atoms with Gasteiger partial charge in [-0.3, -0.25) is 4.79 Å². The van der Waals surface area contributed by atoms with E-state index < -0.39 is 17.5 Å². The lowest BCUT2D eigenvalue weighted by atomic mass is 10.1. The average Bonchev–Trinajstić information content (AvgIpc) is 2.86. The lowest BCUT2D eigenvalue weighted by molar-refractivity contribution is 0.0950. The number of carbonyl (C=O) groups is 1. The zero-order valence-corrected chi connectivity index (χ0v) is 13.1. The van der Waals surface area contributed by atoms with Crippen LogP contribution in [0.1, 0.15) is 23.2 Å². The minimum absolute atomic E-state index is 0. The number of rotatable bonds is 4. The molecule has 1 aliphatic heterocycles. The van der Waals surface area contributed by atoms with Crippen molar-refractivity contribution in [2.75, 3.05) is 19.6 Å². The molecule has 2 rings (SSSR count). The van der Waals surface area contributed by atoms with Crippen molar-refractivity contribution in [1.82, 2.24) is 10.6 Å². The third kappa shape index (κ3) is 4.40. The van der Waals surface area contributed by atoms with Crippen LogP contribution in [0.5, 0.6) is 0 Å². The fraction of sp³-hybridized carbons (Fsp3) is 0.462. The van der Waals surface area contributed by atoms with Crippen LogP contribution in [0.25, 0.3) is 0 Å². The van der Waals surface area contributed by atoms with E-state index in [4.69, 9.17) is 0 Å². The molecule has 1 fully saturated rings. The summed E-state index contributed by atoms with van der Waals surface area (Å²) in [4.78, 5) is 11.9. The predicted octanol–water partition coefficient (Wildman–Crippen LogP) is 2.88. The van der Waals surface area contributed by atoms with Gasteiger partial charge in [-0.05, 0) is 59.9 Å². The van der Waals surface area contributed by atoms with Gasteiger partial charge in [-0.1, -0.05) is 0 Å². The molecule has 3 nitrogen and oxygen atoms in total. The van der Waals surface area contributed by atoms with Gasteiger partial charge in [-0.15, -0.1) is 12.4 Å². The van der Waals surface area contributed by atoms with Crippen LogP contribution in [0.4, 0.5) is 8.78 Å². The molecule has 1 aromatic rings. The summed E-state index contributed by atoms with van der Waals surface area (Å²) in [5.41, 5.74) is 0.114. The van der Waals surface area contributed by atoms with Crippen LogP contribution >= 0.6 is 28.3 Å². The summed E-state index contributed by atoms with van der Waals surface area (Å²) in [7, 11) is 0. The summed E-state index contributed by atoms with van der Waals surface area (Å²) >= 11 is 3.06. The SMILES string of the molecule is Cl.O=C(NCCC1CCNC1)c1cc(F)c(F)cc1Br. The maximum absolute atomic E-state index is 13.1. The van der Waals surface area contributed by atoms with Gasteiger partial charge in [-0.25, -0.2) is 8.78 Å². The number of hydrogen-bond acceptors (Lipinski definition) is 2. The molecule has 0 bridgehead atoms. The maximum Gasteiger partial charge on any atom is 0.252 e. The first-order chi connectivity index (χ1) is 9.08. The van der Waals surface area contributed by atoms with E-state index in [9.17, 15) is 13.6 Å². The van der Waals surface area contributed by atoms with Crippen molar-refractivity contribution >= 4 is 34.2 Å². The van der Waals surface area contributed by atoms with E-state index in [1.165, 1.54) is 0 Å². The largest absolute Gasteiger partial charge is 0.352 e. The molecule has 0 aromatic heterocycles. The van der Waals surface area contributed by atoms with Crippen LogP contribution in [-0.2, 0) is 0 Å². The van der Waals surface area contributed by atoms with E-state index in [1.807, 2.05) is 0 Å². The number of halogens is 4. The molecule has 0 aliphatic carbocycles. The van der Waals surface area contributed by atoms with E-state index in [1.54, 1.807) is 0 Å². The summed E-state index contributed by atoms with van der Waals surface area (Å²) in [6.07, 6.45) is 2.00. The summed E-state index contributed by atoms with van der Waals surface area (Å²) in [6, 6.07) is 1.87. The molecule has 7 heteroatoms. The molecule has 20 heavy (non-hydrogen) atoms. The Labute approximate surface area is 131 Å². The normalized spacial score (nSPS) is 17.6. The fourth-order valence-corrected chi connectivity index (χ4v) is 2.64. The number of amides is 1. The molecular formula is C13H16BrClF2N2O. The number of hydrogen-bond donors (Lipinski definition) is 2. The molecule has 1 aliphatic rings. The molecular weight excluding hydrogens is 354 g/mol. The van der Waals surface area contributed by atoms with Crippen LogP contribution in [-0.4, -0.2) is 25.5 Å². The van der Waals surface area contributed by atoms with Crippen molar-refractivity contribution in [1.29, 1.82) is 0 Å².